The molecule has 0 heterocycles. The zero-order chi connectivity index (χ0) is 17.3. The third-order valence-corrected chi connectivity index (χ3v) is 5.17. The van der Waals surface area contributed by atoms with E-state index in [1.807, 2.05) is 0 Å². The van der Waals surface area contributed by atoms with E-state index in [2.05, 4.69) is 5.32 Å². The lowest BCUT2D eigenvalue weighted by molar-refractivity contribution is -0.148. The van der Waals surface area contributed by atoms with Crippen LogP contribution in [0, 0.1) is 23.7 Å². The number of hydrogen-bond acceptors (Lipinski definition) is 4. The molecule has 2 aliphatic rings. The number of rotatable bonds is 5. The fraction of sp³-hybridized carbons (Fsp3) is 0.500. The van der Waals surface area contributed by atoms with Crippen molar-refractivity contribution in [1.82, 2.24) is 0 Å². The molecule has 0 aliphatic heterocycles. The molecule has 2 fully saturated rings. The minimum atomic E-state index is -0.875. The third kappa shape index (κ3) is 3.00. The summed E-state index contributed by atoms with van der Waals surface area (Å²) in [6.45, 7) is 2.04. The van der Waals surface area contributed by atoms with Gasteiger partial charge in [-0.25, -0.2) is 4.79 Å². The van der Waals surface area contributed by atoms with E-state index >= 15 is 0 Å². The van der Waals surface area contributed by atoms with Crippen molar-refractivity contribution in [2.24, 2.45) is 23.7 Å². The predicted octanol–water partition coefficient (Wildman–Crippen LogP) is 2.55. The van der Waals surface area contributed by atoms with Crippen molar-refractivity contribution < 1.29 is 24.2 Å². The lowest BCUT2D eigenvalue weighted by atomic mass is 9.78. The van der Waals surface area contributed by atoms with Crippen LogP contribution in [0.5, 0.6) is 0 Å². The number of anilines is 1. The molecule has 6 heteroatoms. The van der Waals surface area contributed by atoms with E-state index in [1.54, 1.807) is 31.2 Å². The number of amides is 1. The lowest BCUT2D eigenvalue weighted by Gasteiger charge is -2.27. The molecule has 1 aromatic rings. The number of fused-ring (bicyclic) bond motifs is 2. The maximum atomic E-state index is 12.6. The molecule has 0 aromatic heterocycles. The summed E-state index contributed by atoms with van der Waals surface area (Å²) in [4.78, 5) is 35.7. The first-order valence-corrected chi connectivity index (χ1v) is 8.32. The van der Waals surface area contributed by atoms with E-state index in [0.717, 1.165) is 19.3 Å². The number of carbonyl (C=O) groups is 3. The van der Waals surface area contributed by atoms with E-state index in [0.29, 0.717) is 17.9 Å². The minimum Gasteiger partial charge on any atom is -0.481 e. The van der Waals surface area contributed by atoms with Gasteiger partial charge in [-0.15, -0.1) is 0 Å². The summed E-state index contributed by atoms with van der Waals surface area (Å²) in [6, 6.07) is 6.44. The molecule has 128 valence electrons. The Morgan fingerprint density at radius 3 is 2.33 bits per heavy atom. The molecule has 0 saturated heterocycles. The summed E-state index contributed by atoms with van der Waals surface area (Å²) in [5, 5.41) is 12.2. The number of ether oxygens (including phenoxy) is 1. The van der Waals surface area contributed by atoms with Gasteiger partial charge in [-0.1, -0.05) is 0 Å². The molecule has 2 bridgehead atoms. The number of benzene rings is 1. The number of esters is 1. The molecular formula is C18H21NO5. The summed E-state index contributed by atoms with van der Waals surface area (Å²) in [6.07, 6.45) is 2.66. The first-order valence-electron chi connectivity index (χ1n) is 8.32. The van der Waals surface area contributed by atoms with Gasteiger partial charge in [0.1, 0.15) is 0 Å². The van der Waals surface area contributed by atoms with Crippen molar-refractivity contribution in [1.29, 1.82) is 0 Å². The molecule has 2 saturated carbocycles. The second kappa shape index (κ2) is 6.63. The van der Waals surface area contributed by atoms with Crippen molar-refractivity contribution in [3.8, 4) is 0 Å². The van der Waals surface area contributed by atoms with E-state index in [1.165, 1.54) is 0 Å². The Morgan fingerprint density at radius 2 is 1.75 bits per heavy atom. The smallest absolute Gasteiger partial charge is 0.338 e. The van der Waals surface area contributed by atoms with Gasteiger partial charge in [0.05, 0.1) is 24.0 Å². The van der Waals surface area contributed by atoms with E-state index in [-0.39, 0.29) is 17.7 Å². The molecule has 3 rings (SSSR count). The molecule has 4 atom stereocenters. The van der Waals surface area contributed by atoms with Crippen molar-refractivity contribution in [2.75, 3.05) is 11.9 Å². The van der Waals surface area contributed by atoms with Crippen LogP contribution in [0.1, 0.15) is 36.5 Å². The molecule has 2 N–H and O–H groups in total. The SMILES string of the molecule is CCOC(=O)c1ccc(NC(=O)[C@@H]2[C@@H]3CC[C@H](C3)[C@H]2C(=O)O)cc1. The van der Waals surface area contributed by atoms with Gasteiger partial charge in [-0.05, 0) is 62.3 Å². The number of aliphatic carboxylic acids is 1. The average Bonchev–Trinajstić information content (AvgIpc) is 3.16. The first kappa shape index (κ1) is 16.5. The highest BCUT2D eigenvalue weighted by Crippen LogP contribution is 2.52. The fourth-order valence-electron chi connectivity index (χ4n) is 4.15. The largest absolute Gasteiger partial charge is 0.481 e. The number of carbonyl (C=O) groups excluding carboxylic acids is 2. The predicted molar refractivity (Wildman–Crippen MR) is 86.5 cm³/mol. The third-order valence-electron chi connectivity index (χ3n) is 5.17. The van der Waals surface area contributed by atoms with Gasteiger partial charge in [0.25, 0.3) is 0 Å². The highest BCUT2D eigenvalue weighted by molar-refractivity contribution is 5.96. The molecule has 1 amide bonds. The summed E-state index contributed by atoms with van der Waals surface area (Å²) >= 11 is 0. The Hall–Kier alpha value is -2.37. The summed E-state index contributed by atoms with van der Waals surface area (Å²) in [5.74, 6) is -2.29. The van der Waals surface area contributed by atoms with Gasteiger partial charge >= 0.3 is 11.9 Å². The minimum absolute atomic E-state index is 0.120. The summed E-state index contributed by atoms with van der Waals surface area (Å²) < 4.78 is 4.91. The van der Waals surface area contributed by atoms with Gasteiger partial charge in [-0.2, -0.15) is 0 Å². The number of carboxylic acid groups (broad SMARTS) is 1. The van der Waals surface area contributed by atoms with Crippen LogP contribution >= 0.6 is 0 Å². The maximum absolute atomic E-state index is 12.6. The second-order valence-corrected chi connectivity index (χ2v) is 6.51. The van der Waals surface area contributed by atoms with Crippen molar-refractivity contribution in [3.63, 3.8) is 0 Å². The van der Waals surface area contributed by atoms with E-state index < -0.39 is 23.8 Å². The molecule has 24 heavy (non-hydrogen) atoms. The van der Waals surface area contributed by atoms with Crippen LogP contribution in [0.25, 0.3) is 0 Å². The summed E-state index contributed by atoms with van der Waals surface area (Å²) in [5.41, 5.74) is 0.971. The monoisotopic (exact) mass is 331 g/mol. The number of nitrogens with one attached hydrogen (secondary N) is 1. The molecule has 1 aromatic carbocycles. The van der Waals surface area contributed by atoms with Crippen LogP contribution < -0.4 is 5.32 Å². The Kier molecular flexibility index (Phi) is 4.55. The molecule has 0 spiro atoms. The zero-order valence-corrected chi connectivity index (χ0v) is 13.5. The molecule has 6 nitrogen and oxygen atoms in total. The van der Waals surface area contributed by atoms with Gasteiger partial charge in [-0.3, -0.25) is 9.59 Å². The highest BCUT2D eigenvalue weighted by atomic mass is 16.5. The topological polar surface area (TPSA) is 92.7 Å². The Labute approximate surface area is 140 Å². The quantitative estimate of drug-likeness (QED) is 0.809. The Bertz CT molecular complexity index is 654. The maximum Gasteiger partial charge on any atom is 0.338 e. The second-order valence-electron chi connectivity index (χ2n) is 6.51. The zero-order valence-electron chi connectivity index (χ0n) is 13.5. The van der Waals surface area contributed by atoms with Gasteiger partial charge in [0.2, 0.25) is 5.91 Å². The van der Waals surface area contributed by atoms with Crippen LogP contribution in [-0.2, 0) is 14.3 Å². The van der Waals surface area contributed by atoms with Crippen LogP contribution in [0.2, 0.25) is 0 Å². The summed E-state index contributed by atoms with van der Waals surface area (Å²) in [7, 11) is 0. The highest BCUT2D eigenvalue weighted by Gasteiger charge is 2.53. The van der Waals surface area contributed by atoms with Crippen molar-refractivity contribution >= 4 is 23.5 Å². The number of carboxylic acids is 1. The van der Waals surface area contributed by atoms with Crippen molar-refractivity contribution in [3.05, 3.63) is 29.8 Å². The van der Waals surface area contributed by atoms with E-state index in [9.17, 15) is 19.5 Å². The average molecular weight is 331 g/mol. The molecule has 0 radical (unpaired) electrons. The van der Waals surface area contributed by atoms with Crippen LogP contribution in [0.4, 0.5) is 5.69 Å². The van der Waals surface area contributed by atoms with Crippen LogP contribution in [-0.4, -0.2) is 29.6 Å². The number of hydrogen-bond donors (Lipinski definition) is 2. The van der Waals surface area contributed by atoms with Crippen LogP contribution in [0.15, 0.2) is 24.3 Å². The van der Waals surface area contributed by atoms with Gasteiger partial charge in [0, 0.05) is 5.69 Å². The fourth-order valence-corrected chi connectivity index (χ4v) is 4.15. The van der Waals surface area contributed by atoms with E-state index in [4.69, 9.17) is 4.74 Å². The standard InChI is InChI=1S/C18H21NO5/c1-2-24-18(23)10-5-7-13(8-6-10)19-16(20)14-11-3-4-12(9-11)15(14)17(21)22/h5-8,11-12,14-15H,2-4,9H2,1H3,(H,19,20)(H,21,22)/t11-,12-,14-,15-/m1/s1. The Balaban J connectivity index is 1.68. The lowest BCUT2D eigenvalue weighted by Crippen LogP contribution is -2.37. The van der Waals surface area contributed by atoms with Crippen molar-refractivity contribution in [2.45, 2.75) is 26.2 Å². The van der Waals surface area contributed by atoms with Crippen LogP contribution in [0.3, 0.4) is 0 Å². The Morgan fingerprint density at radius 1 is 1.12 bits per heavy atom. The van der Waals surface area contributed by atoms with Gasteiger partial charge in [0.15, 0.2) is 0 Å². The van der Waals surface area contributed by atoms with Gasteiger partial charge < -0.3 is 15.2 Å². The normalized spacial score (nSPS) is 27.7. The molecule has 0 unspecified atom stereocenters. The molecular weight excluding hydrogens is 310 g/mol. The first-order chi connectivity index (χ1) is 11.5. The molecule has 2 aliphatic carbocycles.